The molecule has 0 aromatic carbocycles. The summed E-state index contributed by atoms with van der Waals surface area (Å²) >= 11 is 0. The second-order valence-corrected chi connectivity index (χ2v) is 7.81. The molecule has 0 unspecified atom stereocenters. The number of aryl methyl sites for hydroxylation is 1. The van der Waals surface area contributed by atoms with Gasteiger partial charge in [-0.3, -0.25) is 0 Å². The molecule has 0 N–H and O–H groups in total. The molecule has 0 saturated carbocycles. The molecule has 2 aliphatic rings. The van der Waals surface area contributed by atoms with Gasteiger partial charge in [0.25, 0.3) is 0 Å². The van der Waals surface area contributed by atoms with Gasteiger partial charge in [0.15, 0.2) is 5.76 Å². The minimum atomic E-state index is 0.347. The fraction of sp³-hybridized carbons (Fsp3) is 0.476. The summed E-state index contributed by atoms with van der Waals surface area (Å²) in [5.41, 5.74) is 2.90. The molecule has 2 aliphatic heterocycles. The fourth-order valence-corrected chi connectivity index (χ4v) is 4.25. The number of aromatic nitrogens is 5. The first-order valence-electron chi connectivity index (χ1n) is 10.4. The van der Waals surface area contributed by atoms with Gasteiger partial charge in [0.05, 0.1) is 17.0 Å². The van der Waals surface area contributed by atoms with Gasteiger partial charge in [0.2, 0.25) is 11.9 Å². The van der Waals surface area contributed by atoms with Crippen LogP contribution in [0.15, 0.2) is 35.2 Å². The maximum absolute atomic E-state index is 5.56. The molecule has 5 rings (SSSR count). The van der Waals surface area contributed by atoms with E-state index in [-0.39, 0.29) is 0 Å². The summed E-state index contributed by atoms with van der Waals surface area (Å²) in [5.74, 6) is 2.74. The Bertz CT molecular complexity index is 960. The van der Waals surface area contributed by atoms with Crippen LogP contribution in [0.25, 0.3) is 11.3 Å². The van der Waals surface area contributed by atoms with Crippen LogP contribution >= 0.6 is 0 Å². The van der Waals surface area contributed by atoms with E-state index in [1.54, 1.807) is 12.4 Å². The second kappa shape index (κ2) is 7.77. The normalized spacial score (nSPS) is 17.8. The van der Waals surface area contributed by atoms with Crippen LogP contribution < -0.4 is 9.80 Å². The van der Waals surface area contributed by atoms with Crippen LogP contribution in [0, 0.1) is 6.92 Å². The van der Waals surface area contributed by atoms with Crippen molar-refractivity contribution in [3.05, 3.63) is 42.1 Å². The van der Waals surface area contributed by atoms with Gasteiger partial charge < -0.3 is 14.3 Å². The molecular weight excluding hydrogens is 366 g/mol. The first-order valence-corrected chi connectivity index (χ1v) is 10.4. The van der Waals surface area contributed by atoms with Crippen molar-refractivity contribution in [2.45, 2.75) is 38.5 Å². The van der Waals surface area contributed by atoms with Crippen LogP contribution in [0.2, 0.25) is 0 Å². The molecule has 0 atom stereocenters. The van der Waals surface area contributed by atoms with Crippen molar-refractivity contribution in [3.63, 3.8) is 0 Å². The zero-order valence-electron chi connectivity index (χ0n) is 16.7. The molecule has 5 heterocycles. The molecule has 3 aromatic heterocycles. The van der Waals surface area contributed by atoms with E-state index in [1.807, 2.05) is 25.3 Å². The highest BCUT2D eigenvalue weighted by atomic mass is 16.5. The molecule has 0 spiro atoms. The third-order valence-corrected chi connectivity index (χ3v) is 5.80. The van der Waals surface area contributed by atoms with E-state index >= 15 is 0 Å². The first-order chi connectivity index (χ1) is 14.3. The van der Waals surface area contributed by atoms with Crippen molar-refractivity contribution in [2.75, 3.05) is 36.0 Å². The lowest BCUT2D eigenvalue weighted by Gasteiger charge is -2.32. The van der Waals surface area contributed by atoms with Crippen molar-refractivity contribution in [3.8, 4) is 11.3 Å². The smallest absolute Gasteiger partial charge is 0.225 e. The molecular formula is C21H25N7O. The summed E-state index contributed by atoms with van der Waals surface area (Å²) in [7, 11) is 0. The molecule has 2 saturated heterocycles. The average molecular weight is 391 g/mol. The van der Waals surface area contributed by atoms with Gasteiger partial charge in [-0.05, 0) is 38.7 Å². The Morgan fingerprint density at radius 3 is 2.34 bits per heavy atom. The summed E-state index contributed by atoms with van der Waals surface area (Å²) in [4.78, 5) is 23.0. The molecule has 0 amide bonds. The van der Waals surface area contributed by atoms with Crippen LogP contribution in [0.4, 0.5) is 11.9 Å². The predicted octanol–water partition coefficient (Wildman–Crippen LogP) is 3.21. The summed E-state index contributed by atoms with van der Waals surface area (Å²) in [5, 5.41) is 4.07. The quantitative estimate of drug-likeness (QED) is 0.670. The minimum absolute atomic E-state index is 0.347. The largest absolute Gasteiger partial charge is 0.356 e. The number of nitrogens with zero attached hydrogens (tertiary/aromatic N) is 7. The Kier molecular flexibility index (Phi) is 4.83. The predicted molar refractivity (Wildman–Crippen MR) is 110 cm³/mol. The van der Waals surface area contributed by atoms with Gasteiger partial charge in [0, 0.05) is 56.8 Å². The first kappa shape index (κ1) is 18.0. The zero-order valence-corrected chi connectivity index (χ0v) is 16.7. The molecule has 0 bridgehead atoms. The standard InChI is InChI=1S/C21H25N7O/c1-15-13-18(29-26-15)17-14-24-21(27-9-2-3-10-27)25-19(17)16-5-11-28(12-6-16)20-22-7-4-8-23-20/h4,7-8,13-14,16H,2-3,5-6,9-12H2,1H3. The number of anilines is 2. The highest BCUT2D eigenvalue weighted by molar-refractivity contribution is 5.61. The average Bonchev–Trinajstić information content (AvgIpc) is 3.46. The van der Waals surface area contributed by atoms with Gasteiger partial charge in [-0.25, -0.2) is 19.9 Å². The lowest BCUT2D eigenvalue weighted by molar-refractivity contribution is 0.424. The van der Waals surface area contributed by atoms with E-state index < -0.39 is 0 Å². The van der Waals surface area contributed by atoms with Gasteiger partial charge in [-0.1, -0.05) is 5.16 Å². The molecule has 150 valence electrons. The monoisotopic (exact) mass is 391 g/mol. The fourth-order valence-electron chi connectivity index (χ4n) is 4.25. The summed E-state index contributed by atoms with van der Waals surface area (Å²) < 4.78 is 5.56. The van der Waals surface area contributed by atoms with Crippen LogP contribution in [0.5, 0.6) is 0 Å². The van der Waals surface area contributed by atoms with E-state index in [2.05, 4.69) is 29.9 Å². The van der Waals surface area contributed by atoms with Crippen LogP contribution in [-0.2, 0) is 0 Å². The topological polar surface area (TPSA) is 84.1 Å². The maximum atomic E-state index is 5.56. The van der Waals surface area contributed by atoms with Crippen LogP contribution in [0.3, 0.4) is 0 Å². The number of hydrogen-bond acceptors (Lipinski definition) is 8. The second-order valence-electron chi connectivity index (χ2n) is 7.81. The molecule has 3 aromatic rings. The van der Waals surface area contributed by atoms with E-state index in [9.17, 15) is 0 Å². The Hall–Kier alpha value is -3.03. The molecule has 0 radical (unpaired) electrons. The third kappa shape index (κ3) is 3.66. The number of piperidine rings is 1. The van der Waals surface area contributed by atoms with Gasteiger partial charge in [0.1, 0.15) is 0 Å². The van der Waals surface area contributed by atoms with E-state index in [1.165, 1.54) is 12.8 Å². The summed E-state index contributed by atoms with van der Waals surface area (Å²) in [6.45, 7) is 5.82. The highest BCUT2D eigenvalue weighted by Gasteiger charge is 2.28. The number of hydrogen-bond donors (Lipinski definition) is 0. The minimum Gasteiger partial charge on any atom is -0.356 e. The molecule has 29 heavy (non-hydrogen) atoms. The van der Waals surface area contributed by atoms with Crippen molar-refractivity contribution < 1.29 is 4.52 Å². The Labute approximate surface area is 170 Å². The molecule has 8 heteroatoms. The third-order valence-electron chi connectivity index (χ3n) is 5.80. The van der Waals surface area contributed by atoms with E-state index in [0.29, 0.717) is 5.92 Å². The summed E-state index contributed by atoms with van der Waals surface area (Å²) in [6, 6.07) is 3.81. The van der Waals surface area contributed by atoms with Crippen molar-refractivity contribution in [1.29, 1.82) is 0 Å². The lowest BCUT2D eigenvalue weighted by Crippen LogP contribution is -2.34. The molecule has 8 nitrogen and oxygen atoms in total. The maximum Gasteiger partial charge on any atom is 0.225 e. The van der Waals surface area contributed by atoms with Gasteiger partial charge >= 0.3 is 0 Å². The van der Waals surface area contributed by atoms with E-state index in [4.69, 9.17) is 9.51 Å². The Morgan fingerprint density at radius 2 is 1.66 bits per heavy atom. The van der Waals surface area contributed by atoms with Crippen LogP contribution in [0.1, 0.15) is 43.0 Å². The highest BCUT2D eigenvalue weighted by Crippen LogP contribution is 2.36. The summed E-state index contributed by atoms with van der Waals surface area (Å²) in [6.07, 6.45) is 9.91. The SMILES string of the molecule is Cc1cc(-c2cnc(N3CCCC3)nc2C2CCN(c3ncccn3)CC2)on1. The van der Waals surface area contributed by atoms with Crippen molar-refractivity contribution in [2.24, 2.45) is 0 Å². The van der Waals surface area contributed by atoms with Gasteiger partial charge in [-0.15, -0.1) is 0 Å². The van der Waals surface area contributed by atoms with E-state index in [0.717, 1.165) is 73.6 Å². The Morgan fingerprint density at radius 1 is 0.931 bits per heavy atom. The Balaban J connectivity index is 1.43. The van der Waals surface area contributed by atoms with Gasteiger partial charge in [-0.2, -0.15) is 0 Å². The molecule has 0 aliphatic carbocycles. The van der Waals surface area contributed by atoms with Crippen LogP contribution in [-0.4, -0.2) is 51.3 Å². The van der Waals surface area contributed by atoms with Crippen molar-refractivity contribution in [1.82, 2.24) is 25.1 Å². The number of rotatable bonds is 4. The lowest BCUT2D eigenvalue weighted by atomic mass is 9.90. The molecule has 2 fully saturated rings. The van der Waals surface area contributed by atoms with Crippen molar-refractivity contribution >= 4 is 11.9 Å². The zero-order chi connectivity index (χ0) is 19.6.